The van der Waals surface area contributed by atoms with E-state index in [4.69, 9.17) is 10.1 Å². The van der Waals surface area contributed by atoms with Gasteiger partial charge in [-0.3, -0.25) is 9.69 Å². The molecule has 0 radical (unpaired) electrons. The molecule has 1 fully saturated rings. The normalized spacial score (nSPS) is 15.5. The third-order valence-corrected chi connectivity index (χ3v) is 5.80. The first-order valence-corrected chi connectivity index (χ1v) is 10.6. The van der Waals surface area contributed by atoms with Crippen molar-refractivity contribution in [3.8, 4) is 11.3 Å². The first-order chi connectivity index (χ1) is 13.6. The summed E-state index contributed by atoms with van der Waals surface area (Å²) in [6, 6.07) is 10.2. The molecule has 0 spiro atoms. The van der Waals surface area contributed by atoms with Gasteiger partial charge in [0, 0.05) is 38.3 Å². The Bertz CT molecular complexity index is 895. The number of rotatable bonds is 6. The van der Waals surface area contributed by atoms with Crippen LogP contribution < -0.4 is 10.2 Å². The van der Waals surface area contributed by atoms with Crippen LogP contribution in [0, 0.1) is 5.92 Å². The number of nitrogens with zero attached hydrogens (tertiary/aromatic N) is 5. The molecule has 1 amide bonds. The highest BCUT2D eigenvalue weighted by molar-refractivity contribution is 7.20. The third kappa shape index (κ3) is 4.34. The molecule has 1 aromatic carbocycles. The maximum Gasteiger partial charge on any atom is 0.234 e. The fourth-order valence-electron chi connectivity index (χ4n) is 3.24. The van der Waals surface area contributed by atoms with Crippen LogP contribution >= 0.6 is 11.3 Å². The summed E-state index contributed by atoms with van der Waals surface area (Å²) in [5, 5.41) is 8.70. The predicted molar refractivity (Wildman–Crippen MR) is 113 cm³/mol. The number of anilines is 1. The minimum Gasteiger partial charge on any atom is -0.355 e. The average Bonchev–Trinajstić information content (AvgIpc) is 3.27. The van der Waals surface area contributed by atoms with E-state index in [1.165, 1.54) is 0 Å². The lowest BCUT2D eigenvalue weighted by Gasteiger charge is -2.33. The average molecular weight is 399 g/mol. The highest BCUT2D eigenvalue weighted by Gasteiger charge is 2.22. The molecule has 1 aliphatic rings. The number of benzene rings is 1. The molecule has 0 unspecified atom stereocenters. The van der Waals surface area contributed by atoms with E-state index in [0.717, 1.165) is 54.1 Å². The molecule has 3 aromatic rings. The summed E-state index contributed by atoms with van der Waals surface area (Å²) in [4.78, 5) is 22.1. The summed E-state index contributed by atoms with van der Waals surface area (Å²) < 4.78 is 1.87. The number of aromatic nitrogens is 3. The topological polar surface area (TPSA) is 65.8 Å². The van der Waals surface area contributed by atoms with Gasteiger partial charge in [0.05, 0.1) is 18.4 Å². The van der Waals surface area contributed by atoms with Gasteiger partial charge in [-0.25, -0.2) is 9.50 Å². The second kappa shape index (κ2) is 8.28. The molecule has 1 aliphatic heterocycles. The van der Waals surface area contributed by atoms with Crippen molar-refractivity contribution < 1.29 is 4.79 Å². The number of hydrogen-bond donors (Lipinski definition) is 1. The Labute approximate surface area is 169 Å². The largest absolute Gasteiger partial charge is 0.355 e. The molecule has 0 atom stereocenters. The van der Waals surface area contributed by atoms with Crippen molar-refractivity contribution in [3.63, 3.8) is 0 Å². The van der Waals surface area contributed by atoms with Crippen LogP contribution in [0.2, 0.25) is 0 Å². The zero-order valence-corrected chi connectivity index (χ0v) is 17.2. The van der Waals surface area contributed by atoms with Crippen molar-refractivity contribution in [2.24, 2.45) is 5.92 Å². The van der Waals surface area contributed by atoms with E-state index < -0.39 is 0 Å². The van der Waals surface area contributed by atoms with E-state index in [-0.39, 0.29) is 5.91 Å². The molecule has 28 heavy (non-hydrogen) atoms. The summed E-state index contributed by atoms with van der Waals surface area (Å²) in [6.07, 6.45) is 1.99. The first-order valence-electron chi connectivity index (χ1n) is 9.74. The number of amides is 1. The molecule has 0 saturated carbocycles. The summed E-state index contributed by atoms with van der Waals surface area (Å²) in [5.74, 6) is 0.593. The van der Waals surface area contributed by atoms with Gasteiger partial charge in [0.25, 0.3) is 0 Å². The lowest BCUT2D eigenvalue weighted by atomic mass is 10.2. The Morgan fingerprint density at radius 1 is 1.18 bits per heavy atom. The molecule has 1 N–H and O–H groups in total. The standard InChI is InChI=1S/C20H26N6OS/c1-15(2)12-21-18(27)14-24-8-10-25(11-9-24)20-23-26-13-17(22-19(26)28-20)16-6-4-3-5-7-16/h3-7,13,15H,8-12,14H2,1-2H3,(H,21,27). The zero-order chi connectivity index (χ0) is 19.5. The van der Waals surface area contributed by atoms with Gasteiger partial charge in [0.2, 0.25) is 16.0 Å². The van der Waals surface area contributed by atoms with Crippen LogP contribution in [0.3, 0.4) is 0 Å². The Balaban J connectivity index is 1.34. The number of piperazine rings is 1. The predicted octanol–water partition coefficient (Wildman–Crippen LogP) is 2.35. The Hall–Kier alpha value is -2.45. The third-order valence-electron chi connectivity index (χ3n) is 4.82. The van der Waals surface area contributed by atoms with Gasteiger partial charge in [0.1, 0.15) is 0 Å². The second-order valence-corrected chi connectivity index (χ2v) is 8.50. The monoisotopic (exact) mass is 398 g/mol. The molecule has 8 heteroatoms. The van der Waals surface area contributed by atoms with E-state index in [9.17, 15) is 4.79 Å². The van der Waals surface area contributed by atoms with Crippen molar-refractivity contribution in [2.45, 2.75) is 13.8 Å². The van der Waals surface area contributed by atoms with Crippen LogP contribution in [0.4, 0.5) is 5.13 Å². The van der Waals surface area contributed by atoms with E-state index in [1.54, 1.807) is 11.3 Å². The number of carbonyl (C=O) groups is 1. The molecule has 3 heterocycles. The van der Waals surface area contributed by atoms with E-state index in [0.29, 0.717) is 12.5 Å². The van der Waals surface area contributed by atoms with Gasteiger partial charge in [-0.15, -0.1) is 5.10 Å². The highest BCUT2D eigenvalue weighted by Crippen LogP contribution is 2.27. The van der Waals surface area contributed by atoms with Crippen LogP contribution in [0.25, 0.3) is 16.2 Å². The van der Waals surface area contributed by atoms with Crippen molar-refractivity contribution in [1.82, 2.24) is 24.8 Å². The van der Waals surface area contributed by atoms with Gasteiger partial charge in [0.15, 0.2) is 0 Å². The van der Waals surface area contributed by atoms with Crippen LogP contribution in [-0.4, -0.2) is 64.7 Å². The number of nitrogens with one attached hydrogen (secondary N) is 1. The molecule has 148 valence electrons. The first kappa shape index (κ1) is 18.9. The summed E-state index contributed by atoms with van der Waals surface area (Å²) in [6.45, 7) is 8.90. The van der Waals surface area contributed by atoms with Crippen LogP contribution in [0.5, 0.6) is 0 Å². The number of hydrogen-bond acceptors (Lipinski definition) is 6. The summed E-state index contributed by atoms with van der Waals surface area (Å²) in [5.41, 5.74) is 2.05. The maximum absolute atomic E-state index is 12.0. The molecule has 1 saturated heterocycles. The lowest BCUT2D eigenvalue weighted by Crippen LogP contribution is -2.49. The van der Waals surface area contributed by atoms with E-state index >= 15 is 0 Å². The Morgan fingerprint density at radius 2 is 1.93 bits per heavy atom. The minimum atomic E-state index is 0.114. The number of fused-ring (bicyclic) bond motifs is 1. The number of imidazole rings is 1. The van der Waals surface area contributed by atoms with Crippen molar-refractivity contribution in [1.29, 1.82) is 0 Å². The summed E-state index contributed by atoms with van der Waals surface area (Å²) in [7, 11) is 0. The quantitative estimate of drug-likeness (QED) is 0.691. The van der Waals surface area contributed by atoms with Gasteiger partial charge < -0.3 is 10.2 Å². The van der Waals surface area contributed by atoms with Gasteiger partial charge >= 0.3 is 0 Å². The van der Waals surface area contributed by atoms with Crippen molar-refractivity contribution >= 4 is 27.3 Å². The molecule has 7 nitrogen and oxygen atoms in total. The summed E-state index contributed by atoms with van der Waals surface area (Å²) >= 11 is 1.61. The second-order valence-electron chi connectivity index (χ2n) is 7.57. The molecule has 0 aliphatic carbocycles. The van der Waals surface area contributed by atoms with E-state index in [2.05, 4.69) is 41.1 Å². The highest BCUT2D eigenvalue weighted by atomic mass is 32.1. The molecule has 4 rings (SSSR count). The molecule has 0 bridgehead atoms. The minimum absolute atomic E-state index is 0.114. The van der Waals surface area contributed by atoms with Crippen molar-refractivity contribution in [2.75, 3.05) is 44.2 Å². The molecular weight excluding hydrogens is 372 g/mol. The van der Waals surface area contributed by atoms with Crippen LogP contribution in [-0.2, 0) is 4.79 Å². The van der Waals surface area contributed by atoms with Crippen LogP contribution in [0.15, 0.2) is 36.5 Å². The smallest absolute Gasteiger partial charge is 0.234 e. The van der Waals surface area contributed by atoms with Gasteiger partial charge in [-0.2, -0.15) is 0 Å². The van der Waals surface area contributed by atoms with Crippen molar-refractivity contribution in [3.05, 3.63) is 36.5 Å². The van der Waals surface area contributed by atoms with Crippen LogP contribution in [0.1, 0.15) is 13.8 Å². The fourth-order valence-corrected chi connectivity index (χ4v) is 4.17. The Morgan fingerprint density at radius 3 is 2.61 bits per heavy atom. The maximum atomic E-state index is 12.0. The SMILES string of the molecule is CC(C)CNC(=O)CN1CCN(c2nn3cc(-c4ccccc4)nc3s2)CC1. The Kier molecular flexibility index (Phi) is 5.59. The zero-order valence-electron chi connectivity index (χ0n) is 16.3. The molecule has 2 aromatic heterocycles. The van der Waals surface area contributed by atoms with Gasteiger partial charge in [-0.1, -0.05) is 55.5 Å². The van der Waals surface area contributed by atoms with E-state index in [1.807, 2.05) is 28.9 Å². The molecular formula is C20H26N6OS. The fraction of sp³-hybridized carbons (Fsp3) is 0.450. The number of carbonyl (C=O) groups excluding carboxylic acids is 1. The van der Waals surface area contributed by atoms with Gasteiger partial charge in [-0.05, 0) is 5.92 Å². The lowest BCUT2D eigenvalue weighted by molar-refractivity contribution is -0.122.